The van der Waals surface area contributed by atoms with Gasteiger partial charge in [0, 0.05) is 22.7 Å². The highest BCUT2D eigenvalue weighted by Gasteiger charge is 2.14. The smallest absolute Gasteiger partial charge is 0.259 e. The van der Waals surface area contributed by atoms with Crippen molar-refractivity contribution in [1.82, 2.24) is 14.8 Å². The van der Waals surface area contributed by atoms with Crippen molar-refractivity contribution in [2.75, 3.05) is 12.4 Å². The van der Waals surface area contributed by atoms with Crippen LogP contribution in [0.15, 0.2) is 52.8 Å². The highest BCUT2D eigenvalue weighted by Crippen LogP contribution is 2.34. The number of halogens is 2. The van der Waals surface area contributed by atoms with Crippen LogP contribution in [0.25, 0.3) is 0 Å². The molecule has 1 aromatic heterocycles. The molecule has 0 aliphatic rings. The quantitative estimate of drug-likeness (QED) is 0.671. The number of carbonyl (C=O) groups is 1. The Morgan fingerprint density at radius 3 is 2.69 bits per heavy atom. The Kier molecular flexibility index (Phi) is 5.70. The Balaban J connectivity index is 1.77. The number of carbonyl (C=O) groups excluding carboxylic acids is 1. The fourth-order valence-electron chi connectivity index (χ4n) is 2.18. The highest BCUT2D eigenvalue weighted by atomic mass is 35.5. The van der Waals surface area contributed by atoms with Crippen LogP contribution in [-0.4, -0.2) is 27.8 Å². The molecule has 6 nitrogen and oxygen atoms in total. The Hall–Kier alpha value is -2.22. The third-order valence-electron chi connectivity index (χ3n) is 3.47. The first-order valence-electron chi connectivity index (χ1n) is 7.44. The SMILES string of the molecule is COc1cc(Cl)ccc1C(=O)Nc1ccc(Sc2nncn2C)c(Cl)c1. The van der Waals surface area contributed by atoms with Gasteiger partial charge in [0.1, 0.15) is 12.1 Å². The molecule has 0 radical (unpaired) electrons. The van der Waals surface area contributed by atoms with E-state index in [2.05, 4.69) is 15.5 Å². The van der Waals surface area contributed by atoms with Gasteiger partial charge in [-0.05, 0) is 48.2 Å². The van der Waals surface area contributed by atoms with Gasteiger partial charge < -0.3 is 14.6 Å². The Labute approximate surface area is 164 Å². The number of rotatable bonds is 5. The number of hydrogen-bond donors (Lipinski definition) is 1. The standard InChI is InChI=1S/C17H14Cl2N4O2S/c1-23-9-20-22-17(23)26-15-6-4-11(8-13(15)19)21-16(24)12-5-3-10(18)7-14(12)25-2/h3-9H,1-2H3,(H,21,24). The van der Waals surface area contributed by atoms with E-state index in [-0.39, 0.29) is 5.91 Å². The molecule has 0 spiro atoms. The van der Waals surface area contributed by atoms with Crippen molar-refractivity contribution in [2.24, 2.45) is 7.05 Å². The second kappa shape index (κ2) is 7.99. The van der Waals surface area contributed by atoms with Gasteiger partial charge in [-0.3, -0.25) is 4.79 Å². The second-order valence-corrected chi connectivity index (χ2v) is 7.12. The van der Waals surface area contributed by atoms with Gasteiger partial charge >= 0.3 is 0 Å². The second-order valence-electron chi connectivity index (χ2n) is 5.27. The lowest BCUT2D eigenvalue weighted by Crippen LogP contribution is -2.13. The predicted octanol–water partition coefficient (Wildman–Crippen LogP) is 4.53. The van der Waals surface area contributed by atoms with E-state index in [4.69, 9.17) is 27.9 Å². The summed E-state index contributed by atoms with van der Waals surface area (Å²) in [4.78, 5) is 13.3. The number of aryl methyl sites for hydroxylation is 1. The maximum Gasteiger partial charge on any atom is 0.259 e. The molecule has 3 rings (SSSR count). The average molecular weight is 409 g/mol. The molecule has 1 N–H and O–H groups in total. The van der Waals surface area contributed by atoms with E-state index in [9.17, 15) is 4.79 Å². The van der Waals surface area contributed by atoms with Crippen LogP contribution in [0.4, 0.5) is 5.69 Å². The summed E-state index contributed by atoms with van der Waals surface area (Å²) in [6, 6.07) is 10.1. The van der Waals surface area contributed by atoms with Gasteiger partial charge in [0.15, 0.2) is 5.16 Å². The van der Waals surface area contributed by atoms with E-state index < -0.39 is 0 Å². The molecular formula is C17H14Cl2N4O2S. The molecule has 2 aromatic carbocycles. The molecule has 26 heavy (non-hydrogen) atoms. The van der Waals surface area contributed by atoms with Gasteiger partial charge in [-0.1, -0.05) is 23.2 Å². The highest BCUT2D eigenvalue weighted by molar-refractivity contribution is 7.99. The molecule has 0 unspecified atom stereocenters. The van der Waals surface area contributed by atoms with Crippen molar-refractivity contribution in [2.45, 2.75) is 10.1 Å². The number of nitrogens with zero attached hydrogens (tertiary/aromatic N) is 3. The minimum Gasteiger partial charge on any atom is -0.496 e. The number of nitrogens with one attached hydrogen (secondary N) is 1. The summed E-state index contributed by atoms with van der Waals surface area (Å²) in [5, 5.41) is 12.4. The van der Waals surface area contributed by atoms with Crippen LogP contribution >= 0.6 is 35.0 Å². The third kappa shape index (κ3) is 4.12. The van der Waals surface area contributed by atoms with Gasteiger partial charge in [0.25, 0.3) is 5.91 Å². The Morgan fingerprint density at radius 1 is 1.23 bits per heavy atom. The maximum absolute atomic E-state index is 12.5. The fraction of sp³-hybridized carbons (Fsp3) is 0.118. The molecule has 1 amide bonds. The normalized spacial score (nSPS) is 10.6. The van der Waals surface area contributed by atoms with Crippen LogP contribution in [0.1, 0.15) is 10.4 Å². The summed E-state index contributed by atoms with van der Waals surface area (Å²) in [6.07, 6.45) is 1.62. The molecule has 3 aromatic rings. The zero-order valence-corrected chi connectivity index (χ0v) is 16.2. The molecule has 1 heterocycles. The lowest BCUT2D eigenvalue weighted by Gasteiger charge is -2.11. The summed E-state index contributed by atoms with van der Waals surface area (Å²) in [5.74, 6) is 0.0823. The van der Waals surface area contributed by atoms with Crippen LogP contribution < -0.4 is 10.1 Å². The third-order valence-corrected chi connectivity index (χ3v) is 5.26. The first-order valence-corrected chi connectivity index (χ1v) is 9.01. The molecule has 0 aliphatic carbocycles. The molecule has 0 saturated carbocycles. The molecule has 0 aliphatic heterocycles. The van der Waals surface area contributed by atoms with Gasteiger partial charge in [0.05, 0.1) is 17.7 Å². The van der Waals surface area contributed by atoms with Gasteiger partial charge in [0.2, 0.25) is 0 Å². The molecule has 9 heteroatoms. The van der Waals surface area contributed by atoms with Gasteiger partial charge in [-0.25, -0.2) is 0 Å². The Bertz CT molecular complexity index is 962. The van der Waals surface area contributed by atoms with Crippen LogP contribution in [0.2, 0.25) is 10.0 Å². The van der Waals surface area contributed by atoms with Crippen LogP contribution in [0, 0.1) is 0 Å². The molecule has 0 fully saturated rings. The van der Waals surface area contributed by atoms with E-state index in [1.165, 1.54) is 18.9 Å². The first-order chi connectivity index (χ1) is 12.5. The number of methoxy groups -OCH3 is 1. The topological polar surface area (TPSA) is 69.0 Å². The number of ether oxygens (including phenoxy) is 1. The Morgan fingerprint density at radius 2 is 2.04 bits per heavy atom. The number of benzene rings is 2. The van der Waals surface area contributed by atoms with E-state index in [0.717, 1.165) is 10.1 Å². The van der Waals surface area contributed by atoms with Gasteiger partial charge in [-0.15, -0.1) is 10.2 Å². The summed E-state index contributed by atoms with van der Waals surface area (Å²) in [6.45, 7) is 0. The number of hydrogen-bond acceptors (Lipinski definition) is 5. The number of amides is 1. The summed E-state index contributed by atoms with van der Waals surface area (Å²) >= 11 is 13.7. The molecule has 134 valence electrons. The summed E-state index contributed by atoms with van der Waals surface area (Å²) in [5.41, 5.74) is 0.949. The fourth-order valence-corrected chi connectivity index (χ4v) is 3.40. The minimum atomic E-state index is -0.316. The maximum atomic E-state index is 12.5. The lowest BCUT2D eigenvalue weighted by molar-refractivity contribution is 0.102. The van der Waals surface area contributed by atoms with Crippen molar-refractivity contribution in [3.63, 3.8) is 0 Å². The molecule has 0 bridgehead atoms. The van der Waals surface area contributed by atoms with Crippen molar-refractivity contribution in [3.05, 3.63) is 58.3 Å². The number of aromatic nitrogens is 3. The van der Waals surface area contributed by atoms with E-state index >= 15 is 0 Å². The first kappa shape index (κ1) is 18.6. The van der Waals surface area contributed by atoms with Crippen molar-refractivity contribution in [3.8, 4) is 5.75 Å². The van der Waals surface area contributed by atoms with Crippen molar-refractivity contribution < 1.29 is 9.53 Å². The van der Waals surface area contributed by atoms with E-state index in [0.29, 0.717) is 27.0 Å². The monoisotopic (exact) mass is 408 g/mol. The van der Waals surface area contributed by atoms with Crippen LogP contribution in [-0.2, 0) is 7.05 Å². The number of anilines is 1. The predicted molar refractivity (Wildman–Crippen MR) is 103 cm³/mol. The zero-order valence-electron chi connectivity index (χ0n) is 13.9. The minimum absolute atomic E-state index is 0.316. The van der Waals surface area contributed by atoms with Crippen molar-refractivity contribution in [1.29, 1.82) is 0 Å². The lowest BCUT2D eigenvalue weighted by atomic mass is 10.2. The largest absolute Gasteiger partial charge is 0.496 e. The zero-order chi connectivity index (χ0) is 18.7. The summed E-state index contributed by atoms with van der Waals surface area (Å²) < 4.78 is 7.00. The van der Waals surface area contributed by atoms with Gasteiger partial charge in [-0.2, -0.15) is 0 Å². The van der Waals surface area contributed by atoms with Crippen LogP contribution in [0.5, 0.6) is 5.75 Å². The average Bonchev–Trinajstić information content (AvgIpc) is 3.01. The van der Waals surface area contributed by atoms with Crippen LogP contribution in [0.3, 0.4) is 0 Å². The van der Waals surface area contributed by atoms with E-state index in [1.807, 2.05) is 13.1 Å². The molecule has 0 saturated heterocycles. The van der Waals surface area contributed by atoms with Crippen molar-refractivity contribution >= 4 is 46.6 Å². The summed E-state index contributed by atoms with van der Waals surface area (Å²) in [7, 11) is 3.34. The molecular weight excluding hydrogens is 395 g/mol. The van der Waals surface area contributed by atoms with E-state index in [1.54, 1.807) is 41.2 Å². The molecule has 0 atom stereocenters.